The lowest BCUT2D eigenvalue weighted by Crippen LogP contribution is -1.87. The highest BCUT2D eigenvalue weighted by molar-refractivity contribution is 7.99. The van der Waals surface area contributed by atoms with E-state index < -0.39 is 0 Å². The maximum absolute atomic E-state index is 9.09. The fourth-order valence-electron chi connectivity index (χ4n) is 1.71. The molecule has 3 rings (SSSR count). The van der Waals surface area contributed by atoms with Gasteiger partial charge in [-0.3, -0.25) is 0 Å². The highest BCUT2D eigenvalue weighted by Crippen LogP contribution is 2.32. The average molecular weight is 267 g/mol. The first kappa shape index (κ1) is 11.6. The van der Waals surface area contributed by atoms with Crippen LogP contribution in [-0.4, -0.2) is 4.98 Å². The topological polar surface area (TPSA) is 75.8 Å². The van der Waals surface area contributed by atoms with Crippen molar-refractivity contribution in [3.05, 3.63) is 48.0 Å². The lowest BCUT2D eigenvalue weighted by atomic mass is 10.2. The lowest BCUT2D eigenvalue weighted by Gasteiger charge is -2.01. The van der Waals surface area contributed by atoms with Gasteiger partial charge in [-0.1, -0.05) is 12.1 Å². The van der Waals surface area contributed by atoms with E-state index in [0.29, 0.717) is 16.5 Å². The Balaban J connectivity index is 1.99. The largest absolute Gasteiger partial charge is 0.431 e. The van der Waals surface area contributed by atoms with Crippen LogP contribution in [0.4, 0.5) is 5.69 Å². The second-order valence-corrected chi connectivity index (χ2v) is 4.91. The Morgan fingerprint density at radius 1 is 1.21 bits per heavy atom. The van der Waals surface area contributed by atoms with Crippen molar-refractivity contribution in [1.29, 1.82) is 5.26 Å². The third kappa shape index (κ3) is 2.26. The monoisotopic (exact) mass is 267 g/mol. The van der Waals surface area contributed by atoms with Gasteiger partial charge in [0.25, 0.3) is 5.22 Å². The summed E-state index contributed by atoms with van der Waals surface area (Å²) in [5.74, 6) is 0. The normalized spacial score (nSPS) is 10.5. The van der Waals surface area contributed by atoms with Crippen LogP contribution in [-0.2, 0) is 0 Å². The van der Waals surface area contributed by atoms with E-state index in [1.54, 1.807) is 18.2 Å². The molecule has 0 fully saturated rings. The number of para-hydroxylation sites is 2. The molecule has 2 aromatic carbocycles. The summed E-state index contributed by atoms with van der Waals surface area (Å²) in [5.41, 5.74) is 8.29. The number of rotatable bonds is 2. The third-order valence-electron chi connectivity index (χ3n) is 2.60. The maximum atomic E-state index is 9.09. The number of hydrogen-bond donors (Lipinski definition) is 1. The van der Waals surface area contributed by atoms with Crippen molar-refractivity contribution >= 4 is 28.5 Å². The van der Waals surface area contributed by atoms with Gasteiger partial charge in [-0.2, -0.15) is 5.26 Å². The number of nitrogens with two attached hydrogens (primary N) is 1. The van der Waals surface area contributed by atoms with Gasteiger partial charge in [0.05, 0.1) is 5.56 Å². The minimum Gasteiger partial charge on any atom is -0.431 e. The van der Waals surface area contributed by atoms with E-state index in [1.165, 1.54) is 11.8 Å². The molecule has 0 amide bonds. The standard InChI is InChI=1S/C14H9N3OS/c15-8-9-7-10(16)5-6-13(9)19-14-17-11-3-1-2-4-12(11)18-14/h1-7H,16H2. The van der Waals surface area contributed by atoms with Crippen LogP contribution < -0.4 is 5.73 Å². The first-order valence-electron chi connectivity index (χ1n) is 5.59. The quantitative estimate of drug-likeness (QED) is 0.720. The molecule has 0 radical (unpaired) electrons. The van der Waals surface area contributed by atoms with E-state index in [1.807, 2.05) is 24.3 Å². The third-order valence-corrected chi connectivity index (χ3v) is 3.52. The number of nitrogens with zero attached hydrogens (tertiary/aromatic N) is 2. The summed E-state index contributed by atoms with van der Waals surface area (Å²) in [6, 6.07) is 14.9. The molecule has 0 saturated carbocycles. The summed E-state index contributed by atoms with van der Waals surface area (Å²) in [6.45, 7) is 0. The van der Waals surface area contributed by atoms with Gasteiger partial charge in [0.1, 0.15) is 11.6 Å². The number of anilines is 1. The number of aromatic nitrogens is 1. The van der Waals surface area contributed by atoms with E-state index in [4.69, 9.17) is 15.4 Å². The zero-order valence-electron chi connectivity index (χ0n) is 9.83. The second-order valence-electron chi connectivity index (χ2n) is 3.92. The molecule has 0 aliphatic heterocycles. The Bertz CT molecular complexity index is 756. The van der Waals surface area contributed by atoms with E-state index in [0.717, 1.165) is 16.0 Å². The zero-order chi connectivity index (χ0) is 13.2. The molecule has 0 saturated heterocycles. The van der Waals surface area contributed by atoms with Crippen LogP contribution in [0, 0.1) is 11.3 Å². The summed E-state index contributed by atoms with van der Waals surface area (Å²) in [7, 11) is 0. The molecule has 19 heavy (non-hydrogen) atoms. The molecule has 2 N–H and O–H groups in total. The van der Waals surface area contributed by atoms with Crippen molar-refractivity contribution in [2.75, 3.05) is 5.73 Å². The Labute approximate surface area is 113 Å². The molecule has 1 heterocycles. The molecule has 0 bridgehead atoms. The van der Waals surface area contributed by atoms with Crippen molar-refractivity contribution < 1.29 is 4.42 Å². The molecule has 4 nitrogen and oxygen atoms in total. The van der Waals surface area contributed by atoms with E-state index in [2.05, 4.69) is 11.1 Å². The van der Waals surface area contributed by atoms with Crippen molar-refractivity contribution in [1.82, 2.24) is 4.98 Å². The smallest absolute Gasteiger partial charge is 0.261 e. The summed E-state index contributed by atoms with van der Waals surface area (Å²) < 4.78 is 5.61. The molecule has 0 aliphatic carbocycles. The SMILES string of the molecule is N#Cc1cc(N)ccc1Sc1nc2ccccc2o1. The van der Waals surface area contributed by atoms with Crippen LogP contribution in [0.2, 0.25) is 0 Å². The van der Waals surface area contributed by atoms with E-state index in [-0.39, 0.29) is 0 Å². The van der Waals surface area contributed by atoms with Crippen LogP contribution in [0.3, 0.4) is 0 Å². The summed E-state index contributed by atoms with van der Waals surface area (Å²) >= 11 is 1.32. The Morgan fingerprint density at radius 3 is 2.84 bits per heavy atom. The highest BCUT2D eigenvalue weighted by Gasteiger charge is 2.10. The number of nitriles is 1. The van der Waals surface area contributed by atoms with Gasteiger partial charge in [0.15, 0.2) is 5.58 Å². The fraction of sp³-hybridized carbons (Fsp3) is 0. The molecule has 3 aromatic rings. The summed E-state index contributed by atoms with van der Waals surface area (Å²) in [6.07, 6.45) is 0. The molecular formula is C14H9N3OS. The van der Waals surface area contributed by atoms with Gasteiger partial charge in [0.2, 0.25) is 0 Å². The molecular weight excluding hydrogens is 258 g/mol. The van der Waals surface area contributed by atoms with Gasteiger partial charge in [-0.05, 0) is 42.1 Å². The Hall–Kier alpha value is -2.45. The molecule has 0 unspecified atom stereocenters. The molecule has 0 aliphatic rings. The average Bonchev–Trinajstić information content (AvgIpc) is 2.83. The van der Waals surface area contributed by atoms with Gasteiger partial charge in [-0.15, -0.1) is 0 Å². The minimum absolute atomic E-state index is 0.516. The number of oxazole rings is 1. The predicted octanol–water partition coefficient (Wildman–Crippen LogP) is 3.43. The minimum atomic E-state index is 0.516. The number of fused-ring (bicyclic) bond motifs is 1. The molecule has 5 heteroatoms. The first-order valence-corrected chi connectivity index (χ1v) is 6.41. The second kappa shape index (κ2) is 4.67. The van der Waals surface area contributed by atoms with Crippen LogP contribution >= 0.6 is 11.8 Å². The van der Waals surface area contributed by atoms with Crippen molar-refractivity contribution in [3.63, 3.8) is 0 Å². The lowest BCUT2D eigenvalue weighted by molar-refractivity contribution is 0.489. The first-order chi connectivity index (χ1) is 9.26. The van der Waals surface area contributed by atoms with Crippen LogP contribution in [0.5, 0.6) is 0 Å². The molecule has 92 valence electrons. The zero-order valence-corrected chi connectivity index (χ0v) is 10.6. The van der Waals surface area contributed by atoms with Crippen LogP contribution in [0.15, 0.2) is 57.0 Å². The van der Waals surface area contributed by atoms with Crippen LogP contribution in [0.25, 0.3) is 11.1 Å². The van der Waals surface area contributed by atoms with Gasteiger partial charge >= 0.3 is 0 Å². The molecule has 0 spiro atoms. The van der Waals surface area contributed by atoms with E-state index in [9.17, 15) is 0 Å². The van der Waals surface area contributed by atoms with Gasteiger partial charge < -0.3 is 10.2 Å². The summed E-state index contributed by atoms with van der Waals surface area (Å²) in [5, 5.41) is 9.61. The number of hydrogen-bond acceptors (Lipinski definition) is 5. The highest BCUT2D eigenvalue weighted by atomic mass is 32.2. The fourth-order valence-corrected chi connectivity index (χ4v) is 2.53. The maximum Gasteiger partial charge on any atom is 0.261 e. The predicted molar refractivity (Wildman–Crippen MR) is 73.7 cm³/mol. The van der Waals surface area contributed by atoms with E-state index >= 15 is 0 Å². The van der Waals surface area contributed by atoms with Crippen molar-refractivity contribution in [3.8, 4) is 6.07 Å². The number of benzene rings is 2. The van der Waals surface area contributed by atoms with Crippen molar-refractivity contribution in [2.45, 2.75) is 10.1 Å². The molecule has 1 aromatic heterocycles. The van der Waals surface area contributed by atoms with Crippen molar-refractivity contribution in [2.24, 2.45) is 0 Å². The van der Waals surface area contributed by atoms with Crippen LogP contribution in [0.1, 0.15) is 5.56 Å². The Morgan fingerprint density at radius 2 is 2.05 bits per heavy atom. The van der Waals surface area contributed by atoms with Gasteiger partial charge in [-0.25, -0.2) is 4.98 Å². The number of nitrogen functional groups attached to an aromatic ring is 1. The van der Waals surface area contributed by atoms with Gasteiger partial charge in [0, 0.05) is 10.6 Å². The molecule has 0 atom stereocenters. The summed E-state index contributed by atoms with van der Waals surface area (Å²) in [4.78, 5) is 5.14. The Kier molecular flexibility index (Phi) is 2.86.